The monoisotopic (exact) mass is 386 g/mol. The largest absolute Gasteiger partial charge is 0.349 e. The maximum absolute atomic E-state index is 12.6. The lowest BCUT2D eigenvalue weighted by Gasteiger charge is -2.20. The van der Waals surface area contributed by atoms with Gasteiger partial charge in [-0.05, 0) is 53.4 Å². The van der Waals surface area contributed by atoms with Crippen molar-refractivity contribution in [3.05, 3.63) is 64.6 Å². The molecule has 1 aliphatic rings. The van der Waals surface area contributed by atoms with Crippen molar-refractivity contribution in [1.29, 1.82) is 0 Å². The number of hydrogen-bond acceptors (Lipinski definition) is 2. The van der Waals surface area contributed by atoms with Crippen molar-refractivity contribution < 1.29 is 9.59 Å². The number of carbonyl (C=O) groups excluding carboxylic acids is 2. The summed E-state index contributed by atoms with van der Waals surface area (Å²) in [4.78, 5) is 25.3. The zero-order chi connectivity index (χ0) is 17.2. The van der Waals surface area contributed by atoms with E-state index in [9.17, 15) is 9.59 Å². The topological polar surface area (TPSA) is 58.2 Å². The second-order valence-electron chi connectivity index (χ2n) is 6.12. The van der Waals surface area contributed by atoms with Gasteiger partial charge in [0.2, 0.25) is 11.8 Å². The van der Waals surface area contributed by atoms with Gasteiger partial charge in [-0.15, -0.1) is 0 Å². The van der Waals surface area contributed by atoms with E-state index >= 15 is 0 Å². The highest BCUT2D eigenvalue weighted by Crippen LogP contribution is 2.47. The molecule has 2 aromatic rings. The molecule has 0 saturated heterocycles. The van der Waals surface area contributed by atoms with Crippen LogP contribution in [0.3, 0.4) is 0 Å². The molecule has 1 saturated carbocycles. The van der Waals surface area contributed by atoms with Gasteiger partial charge in [0.25, 0.3) is 0 Å². The molecule has 1 fully saturated rings. The van der Waals surface area contributed by atoms with Gasteiger partial charge in [0.1, 0.15) is 5.41 Å². The summed E-state index contributed by atoms with van der Waals surface area (Å²) in [6.07, 6.45) is 1.16. The maximum atomic E-state index is 12.6. The zero-order valence-electron chi connectivity index (χ0n) is 13.4. The van der Waals surface area contributed by atoms with Crippen LogP contribution in [0.4, 0.5) is 5.69 Å². The third-order valence-corrected chi connectivity index (χ3v) is 5.08. The molecule has 2 N–H and O–H groups in total. The molecule has 2 amide bonds. The number of amides is 2. The summed E-state index contributed by atoms with van der Waals surface area (Å²) in [7, 11) is 0. The summed E-state index contributed by atoms with van der Waals surface area (Å²) in [6.45, 7) is 1.93. The smallest absolute Gasteiger partial charge is 0.240 e. The molecule has 0 aromatic heterocycles. The van der Waals surface area contributed by atoms with E-state index < -0.39 is 5.41 Å². The second-order valence-corrected chi connectivity index (χ2v) is 6.98. The fourth-order valence-electron chi connectivity index (χ4n) is 2.65. The van der Waals surface area contributed by atoms with E-state index in [-0.39, 0.29) is 17.9 Å². The maximum Gasteiger partial charge on any atom is 0.240 e. The van der Waals surface area contributed by atoms with Crippen molar-refractivity contribution in [1.82, 2.24) is 5.32 Å². The van der Waals surface area contributed by atoms with Gasteiger partial charge in [-0.25, -0.2) is 0 Å². The van der Waals surface area contributed by atoms with E-state index in [4.69, 9.17) is 0 Å². The first-order chi connectivity index (χ1) is 11.5. The molecule has 1 unspecified atom stereocenters. The lowest BCUT2D eigenvalue weighted by Crippen LogP contribution is -2.41. The normalized spacial score (nSPS) is 16.1. The minimum Gasteiger partial charge on any atom is -0.349 e. The molecule has 124 valence electrons. The SMILES string of the molecule is CC(NC(=O)C1(C(=O)Nc2ccccc2Br)CC1)c1ccccc1. The van der Waals surface area contributed by atoms with E-state index in [0.29, 0.717) is 18.5 Å². The molecule has 0 spiro atoms. The van der Waals surface area contributed by atoms with Crippen LogP contribution in [-0.2, 0) is 9.59 Å². The number of nitrogens with one attached hydrogen (secondary N) is 2. The van der Waals surface area contributed by atoms with Gasteiger partial charge < -0.3 is 10.6 Å². The number of halogens is 1. The molecular weight excluding hydrogens is 368 g/mol. The van der Waals surface area contributed by atoms with Crippen LogP contribution in [0.5, 0.6) is 0 Å². The Morgan fingerprint density at radius 1 is 1.00 bits per heavy atom. The molecular formula is C19H19BrN2O2. The van der Waals surface area contributed by atoms with Crippen molar-refractivity contribution in [3.8, 4) is 0 Å². The molecule has 1 atom stereocenters. The second kappa shape index (κ2) is 6.77. The van der Waals surface area contributed by atoms with E-state index in [1.807, 2.05) is 61.5 Å². The number of rotatable bonds is 5. The number of benzene rings is 2. The molecule has 5 heteroatoms. The molecule has 0 bridgehead atoms. The minimum atomic E-state index is -0.946. The van der Waals surface area contributed by atoms with Crippen molar-refractivity contribution in [2.24, 2.45) is 5.41 Å². The molecule has 0 aliphatic heterocycles. The Bertz CT molecular complexity index is 757. The molecule has 2 aromatic carbocycles. The first-order valence-corrected chi connectivity index (χ1v) is 8.74. The van der Waals surface area contributed by atoms with Crippen LogP contribution in [0.2, 0.25) is 0 Å². The van der Waals surface area contributed by atoms with Crippen molar-refractivity contribution >= 4 is 33.4 Å². The third-order valence-electron chi connectivity index (χ3n) is 4.39. The molecule has 4 nitrogen and oxygen atoms in total. The fourth-order valence-corrected chi connectivity index (χ4v) is 3.03. The average molecular weight is 387 g/mol. The first kappa shape index (κ1) is 16.7. The van der Waals surface area contributed by atoms with Crippen LogP contribution in [0.25, 0.3) is 0 Å². The van der Waals surface area contributed by atoms with Crippen LogP contribution in [-0.4, -0.2) is 11.8 Å². The molecule has 1 aliphatic carbocycles. The van der Waals surface area contributed by atoms with Crippen LogP contribution < -0.4 is 10.6 Å². The number of hydrogen-bond donors (Lipinski definition) is 2. The van der Waals surface area contributed by atoms with Crippen molar-refractivity contribution in [2.45, 2.75) is 25.8 Å². The van der Waals surface area contributed by atoms with Crippen molar-refractivity contribution in [2.75, 3.05) is 5.32 Å². The van der Waals surface area contributed by atoms with Crippen LogP contribution >= 0.6 is 15.9 Å². The van der Waals surface area contributed by atoms with E-state index in [1.54, 1.807) is 0 Å². The van der Waals surface area contributed by atoms with Gasteiger partial charge in [0, 0.05) is 4.47 Å². The standard InChI is InChI=1S/C19H19BrN2O2/c1-13(14-7-3-2-4-8-14)21-17(23)19(11-12-19)18(24)22-16-10-6-5-9-15(16)20/h2-10,13H,11-12H2,1H3,(H,21,23)(H,22,24). The van der Waals surface area contributed by atoms with E-state index in [1.165, 1.54) is 0 Å². The van der Waals surface area contributed by atoms with Crippen LogP contribution in [0, 0.1) is 5.41 Å². The van der Waals surface area contributed by atoms with E-state index in [0.717, 1.165) is 10.0 Å². The van der Waals surface area contributed by atoms with Gasteiger partial charge in [0.05, 0.1) is 11.7 Å². The third kappa shape index (κ3) is 3.36. The van der Waals surface area contributed by atoms with Crippen LogP contribution in [0.15, 0.2) is 59.1 Å². The Balaban J connectivity index is 1.68. The van der Waals surface area contributed by atoms with Crippen molar-refractivity contribution in [3.63, 3.8) is 0 Å². The summed E-state index contributed by atoms with van der Waals surface area (Å²) in [5, 5.41) is 5.83. The predicted molar refractivity (Wildman–Crippen MR) is 97.4 cm³/mol. The average Bonchev–Trinajstić information content (AvgIpc) is 3.39. The van der Waals surface area contributed by atoms with Gasteiger partial charge in [-0.1, -0.05) is 42.5 Å². The zero-order valence-corrected chi connectivity index (χ0v) is 15.0. The highest BCUT2D eigenvalue weighted by molar-refractivity contribution is 9.10. The molecule has 3 rings (SSSR count). The highest BCUT2D eigenvalue weighted by Gasteiger charge is 2.56. The minimum absolute atomic E-state index is 0.132. The number of para-hydroxylation sites is 1. The Labute approximate surface area is 149 Å². The summed E-state index contributed by atoms with van der Waals surface area (Å²) in [6, 6.07) is 17.0. The van der Waals surface area contributed by atoms with Gasteiger partial charge in [-0.2, -0.15) is 0 Å². The lowest BCUT2D eigenvalue weighted by atomic mass is 10.0. The van der Waals surface area contributed by atoms with Crippen LogP contribution in [0.1, 0.15) is 31.4 Å². The number of anilines is 1. The van der Waals surface area contributed by atoms with Gasteiger partial charge >= 0.3 is 0 Å². The summed E-state index contributed by atoms with van der Waals surface area (Å²) >= 11 is 3.40. The van der Waals surface area contributed by atoms with E-state index in [2.05, 4.69) is 26.6 Å². The Hall–Kier alpha value is -2.14. The van der Waals surface area contributed by atoms with Gasteiger partial charge in [-0.3, -0.25) is 9.59 Å². The predicted octanol–water partition coefficient (Wildman–Crippen LogP) is 4.05. The molecule has 24 heavy (non-hydrogen) atoms. The first-order valence-electron chi connectivity index (χ1n) is 7.95. The Morgan fingerprint density at radius 2 is 1.62 bits per heavy atom. The summed E-state index contributed by atoms with van der Waals surface area (Å²) in [5.41, 5.74) is 0.753. The lowest BCUT2D eigenvalue weighted by molar-refractivity contribution is -0.134. The Morgan fingerprint density at radius 3 is 2.25 bits per heavy atom. The quantitative estimate of drug-likeness (QED) is 0.761. The molecule has 0 radical (unpaired) electrons. The summed E-state index contributed by atoms with van der Waals surface area (Å²) in [5.74, 6) is -0.449. The summed E-state index contributed by atoms with van der Waals surface area (Å²) < 4.78 is 0.798. The number of carbonyl (C=O) groups is 2. The highest BCUT2D eigenvalue weighted by atomic mass is 79.9. The fraction of sp³-hybridized carbons (Fsp3) is 0.263. The Kier molecular flexibility index (Phi) is 4.71. The van der Waals surface area contributed by atoms with Gasteiger partial charge in [0.15, 0.2) is 0 Å². The molecule has 0 heterocycles.